The van der Waals surface area contributed by atoms with Gasteiger partial charge in [-0.2, -0.15) is 0 Å². The smallest absolute Gasteiger partial charge is 0.296 e. The van der Waals surface area contributed by atoms with Crippen LogP contribution in [0.15, 0.2) is 42.5 Å². The van der Waals surface area contributed by atoms with Gasteiger partial charge in [0.05, 0.1) is 33.7 Å². The molecule has 2 aromatic rings. The van der Waals surface area contributed by atoms with Crippen molar-refractivity contribution in [2.45, 2.75) is 25.3 Å². The zero-order chi connectivity index (χ0) is 19.1. The summed E-state index contributed by atoms with van der Waals surface area (Å²) in [6.45, 7) is 2.31. The fraction of sp³-hybridized carbons (Fsp3) is 0.300. The van der Waals surface area contributed by atoms with Crippen molar-refractivity contribution in [3.05, 3.63) is 73.8 Å². The quantitative estimate of drug-likeness (QED) is 0.378. The topological polar surface area (TPSA) is 64.4 Å². The number of nitro groups is 1. The largest absolute Gasteiger partial charge is 0.494 e. The molecule has 1 N–H and O–H groups in total. The third-order valence-corrected chi connectivity index (χ3v) is 6.08. The minimum absolute atomic E-state index is 0.0119. The van der Waals surface area contributed by atoms with E-state index in [2.05, 4.69) is 17.5 Å². The predicted octanol–water partition coefficient (Wildman–Crippen LogP) is 6.13. The number of anilines is 1. The molecule has 2 aromatic carbocycles. The molecule has 140 valence electrons. The number of nitrogens with one attached hydrogen (secondary N) is 1. The zero-order valence-electron chi connectivity index (χ0n) is 14.6. The fourth-order valence-corrected chi connectivity index (χ4v) is 4.54. The minimum atomic E-state index is -0.371. The van der Waals surface area contributed by atoms with Crippen LogP contribution in [0.2, 0.25) is 10.0 Å². The van der Waals surface area contributed by atoms with Crippen LogP contribution in [0.1, 0.15) is 36.4 Å². The van der Waals surface area contributed by atoms with E-state index in [9.17, 15) is 10.1 Å². The van der Waals surface area contributed by atoms with Crippen LogP contribution in [0.5, 0.6) is 5.75 Å². The van der Waals surface area contributed by atoms with E-state index >= 15 is 0 Å². The third-order valence-electron chi connectivity index (χ3n) is 5.25. The van der Waals surface area contributed by atoms with E-state index < -0.39 is 0 Å². The summed E-state index contributed by atoms with van der Waals surface area (Å²) >= 11 is 12.7. The summed E-state index contributed by atoms with van der Waals surface area (Å²) in [4.78, 5) is 11.4. The Kier molecular flexibility index (Phi) is 4.74. The van der Waals surface area contributed by atoms with Crippen molar-refractivity contribution >= 4 is 34.6 Å². The highest BCUT2D eigenvalue weighted by Gasteiger charge is 2.41. The van der Waals surface area contributed by atoms with Crippen LogP contribution < -0.4 is 10.1 Å². The number of hydrogen-bond acceptors (Lipinski definition) is 4. The van der Waals surface area contributed by atoms with Crippen molar-refractivity contribution in [1.29, 1.82) is 0 Å². The van der Waals surface area contributed by atoms with Gasteiger partial charge >= 0.3 is 0 Å². The van der Waals surface area contributed by atoms with Gasteiger partial charge < -0.3 is 10.1 Å². The second kappa shape index (κ2) is 7.06. The second-order valence-corrected chi connectivity index (χ2v) is 7.50. The highest BCUT2D eigenvalue weighted by molar-refractivity contribution is 6.42. The average molecular weight is 405 g/mol. The van der Waals surface area contributed by atoms with Crippen molar-refractivity contribution in [1.82, 2.24) is 0 Å². The van der Waals surface area contributed by atoms with Crippen molar-refractivity contribution in [3.63, 3.8) is 0 Å². The van der Waals surface area contributed by atoms with Crippen LogP contribution >= 0.6 is 23.2 Å². The molecule has 3 atom stereocenters. The molecule has 4 rings (SSSR count). The van der Waals surface area contributed by atoms with Gasteiger partial charge in [0.1, 0.15) is 11.4 Å². The fourth-order valence-electron chi connectivity index (χ4n) is 4.12. The summed E-state index contributed by atoms with van der Waals surface area (Å²) in [5.74, 6) is 0.772. The minimum Gasteiger partial charge on any atom is -0.494 e. The lowest BCUT2D eigenvalue weighted by Gasteiger charge is -2.37. The number of hydrogen-bond donors (Lipinski definition) is 1. The van der Waals surface area contributed by atoms with Crippen LogP contribution in [-0.4, -0.2) is 11.5 Å². The average Bonchev–Trinajstić information content (AvgIpc) is 3.13. The van der Waals surface area contributed by atoms with Gasteiger partial charge in [-0.3, -0.25) is 10.1 Å². The van der Waals surface area contributed by atoms with Crippen molar-refractivity contribution < 1.29 is 9.66 Å². The maximum absolute atomic E-state index is 11.7. The van der Waals surface area contributed by atoms with Gasteiger partial charge in [-0.1, -0.05) is 47.5 Å². The lowest BCUT2D eigenvalue weighted by atomic mass is 9.76. The van der Waals surface area contributed by atoms with Crippen LogP contribution in [0.3, 0.4) is 0 Å². The molecule has 0 fully saturated rings. The Hall–Kier alpha value is -2.24. The van der Waals surface area contributed by atoms with E-state index in [0.717, 1.165) is 17.5 Å². The maximum atomic E-state index is 11.7. The molecule has 7 heteroatoms. The number of ether oxygens (including phenoxy) is 1. The summed E-state index contributed by atoms with van der Waals surface area (Å²) in [5, 5.41) is 16.1. The number of benzene rings is 2. The number of rotatable bonds is 4. The monoisotopic (exact) mass is 404 g/mol. The van der Waals surface area contributed by atoms with Gasteiger partial charge in [-0.25, -0.2) is 0 Å². The van der Waals surface area contributed by atoms with Gasteiger partial charge in [-0.05, 0) is 42.5 Å². The maximum Gasteiger partial charge on any atom is 0.296 e. The molecule has 0 aromatic heterocycles. The van der Waals surface area contributed by atoms with Gasteiger partial charge in [-0.15, -0.1) is 0 Å². The molecule has 1 aliphatic heterocycles. The number of nitrogens with zero attached hydrogens (tertiary/aromatic N) is 1. The third kappa shape index (κ3) is 3.05. The number of halogens is 2. The molecule has 0 unspecified atom stereocenters. The lowest BCUT2D eigenvalue weighted by molar-refractivity contribution is -0.384. The highest BCUT2D eigenvalue weighted by atomic mass is 35.5. The molecule has 0 radical (unpaired) electrons. The van der Waals surface area contributed by atoms with Crippen LogP contribution in [0, 0.1) is 16.0 Å². The van der Waals surface area contributed by atoms with Crippen molar-refractivity contribution in [2.75, 3.05) is 11.9 Å². The first kappa shape index (κ1) is 18.1. The molecule has 0 saturated heterocycles. The van der Waals surface area contributed by atoms with E-state index in [1.54, 1.807) is 6.07 Å². The predicted molar refractivity (Wildman–Crippen MR) is 107 cm³/mol. The molecule has 27 heavy (non-hydrogen) atoms. The van der Waals surface area contributed by atoms with Crippen LogP contribution in [-0.2, 0) is 0 Å². The Balaban J connectivity index is 1.87. The molecular weight excluding hydrogens is 387 g/mol. The summed E-state index contributed by atoms with van der Waals surface area (Å²) in [6, 6.07) is 8.73. The van der Waals surface area contributed by atoms with E-state index in [1.807, 2.05) is 25.1 Å². The summed E-state index contributed by atoms with van der Waals surface area (Å²) in [6.07, 6.45) is 5.10. The SMILES string of the molecule is CCOc1cc2c(c([N+](=O)[O-])c1)N[C@@H](c1cccc(Cl)c1Cl)[C@@H]1CC=C[C@H]21. The summed E-state index contributed by atoms with van der Waals surface area (Å²) in [7, 11) is 0. The first-order chi connectivity index (χ1) is 13.0. The standard InChI is InChI=1S/C20H18Cl2N2O3/c1-2-27-11-9-15-12-5-3-6-13(12)19(14-7-4-8-16(21)18(14)22)23-20(15)17(10-11)24(25)26/h3-5,7-10,12-13,19,23H,2,6H2,1H3/t12-,13+,19+/m0/s1. The van der Waals surface area contributed by atoms with Crippen LogP contribution in [0.25, 0.3) is 0 Å². The number of nitro benzene ring substituents is 1. The normalized spacial score (nSPS) is 22.7. The van der Waals surface area contributed by atoms with Crippen LogP contribution in [0.4, 0.5) is 11.4 Å². The Morgan fingerprint density at radius 1 is 1.30 bits per heavy atom. The van der Waals surface area contributed by atoms with E-state index in [0.29, 0.717) is 28.1 Å². The molecule has 1 aliphatic carbocycles. The zero-order valence-corrected chi connectivity index (χ0v) is 16.1. The molecule has 5 nitrogen and oxygen atoms in total. The molecular formula is C20H18Cl2N2O3. The van der Waals surface area contributed by atoms with E-state index in [1.165, 1.54) is 6.07 Å². The molecule has 0 saturated carbocycles. The Labute approximate surface area is 167 Å². The van der Waals surface area contributed by atoms with Gasteiger partial charge in [0.2, 0.25) is 0 Å². The number of allylic oxidation sites excluding steroid dienone is 2. The summed E-state index contributed by atoms with van der Waals surface area (Å²) < 4.78 is 5.56. The van der Waals surface area contributed by atoms with Gasteiger partial charge in [0.25, 0.3) is 5.69 Å². The first-order valence-corrected chi connectivity index (χ1v) is 9.59. The van der Waals surface area contributed by atoms with Crippen molar-refractivity contribution in [3.8, 4) is 5.75 Å². The number of fused-ring (bicyclic) bond motifs is 3. The molecule has 0 amide bonds. The Morgan fingerprint density at radius 2 is 2.11 bits per heavy atom. The lowest BCUT2D eigenvalue weighted by Crippen LogP contribution is -2.30. The van der Waals surface area contributed by atoms with Crippen molar-refractivity contribution in [2.24, 2.45) is 5.92 Å². The molecule has 2 aliphatic rings. The Bertz CT molecular complexity index is 945. The second-order valence-electron chi connectivity index (χ2n) is 6.72. The molecule has 0 bridgehead atoms. The highest BCUT2D eigenvalue weighted by Crippen LogP contribution is 2.54. The van der Waals surface area contributed by atoms with Gasteiger partial charge in [0.15, 0.2) is 0 Å². The van der Waals surface area contributed by atoms with Gasteiger partial charge in [0, 0.05) is 5.92 Å². The Morgan fingerprint density at radius 3 is 2.85 bits per heavy atom. The molecule has 0 spiro atoms. The van der Waals surface area contributed by atoms with E-state index in [4.69, 9.17) is 27.9 Å². The molecule has 1 heterocycles. The van der Waals surface area contributed by atoms with E-state index in [-0.39, 0.29) is 28.5 Å². The first-order valence-electron chi connectivity index (χ1n) is 8.83. The summed E-state index contributed by atoms with van der Waals surface area (Å²) in [5.41, 5.74) is 2.28.